The van der Waals surface area contributed by atoms with E-state index in [2.05, 4.69) is 15.4 Å². The Morgan fingerprint density at radius 1 is 1.11 bits per heavy atom. The molecular formula is C23H22F3N5O6S. The number of nitrogens with zero attached hydrogens (tertiary/aromatic N) is 5. The van der Waals surface area contributed by atoms with Gasteiger partial charge in [-0.1, -0.05) is 5.16 Å². The molecule has 1 aromatic carbocycles. The fraction of sp³-hybridized carbons (Fsp3) is 0.348. The van der Waals surface area contributed by atoms with E-state index >= 15 is 0 Å². The number of rotatable bonds is 6. The quantitative estimate of drug-likeness (QED) is 0.336. The number of ether oxygens (including phenoxy) is 1. The molecule has 2 aromatic heterocycles. The number of ketones is 1. The van der Waals surface area contributed by atoms with Crippen molar-refractivity contribution < 1.29 is 40.8 Å². The molecule has 0 N–H and O–H groups in total. The average molecular weight is 554 g/mol. The van der Waals surface area contributed by atoms with Gasteiger partial charge in [0.05, 0.1) is 16.3 Å². The van der Waals surface area contributed by atoms with Crippen molar-refractivity contribution in [2.45, 2.75) is 31.3 Å². The first-order valence-corrected chi connectivity index (χ1v) is 12.9. The van der Waals surface area contributed by atoms with Crippen LogP contribution in [-0.2, 0) is 34.9 Å². The van der Waals surface area contributed by atoms with Gasteiger partial charge in [-0.3, -0.25) is 9.48 Å². The highest BCUT2D eigenvalue weighted by Gasteiger charge is 2.43. The van der Waals surface area contributed by atoms with Crippen molar-refractivity contribution in [3.63, 3.8) is 0 Å². The van der Waals surface area contributed by atoms with Gasteiger partial charge in [-0.05, 0) is 31.5 Å². The van der Waals surface area contributed by atoms with Crippen LogP contribution in [-0.4, -0.2) is 58.3 Å². The standard InChI is InChI=1S/C23H22F3N5O6S/c1-11-13(6-7-16(38(5,34)35)17(11)15-8-9-36-29-15)19(32)18-20(23(24,25)26)28-31(4)21(18)37-22(33)14-10-30(3)27-12(14)2/h6-7,10H,8-9H2,1-5H3. The lowest BCUT2D eigenvalue weighted by atomic mass is 9.92. The molecule has 0 saturated heterocycles. The van der Waals surface area contributed by atoms with Crippen molar-refractivity contribution in [2.75, 3.05) is 12.9 Å². The van der Waals surface area contributed by atoms with Gasteiger partial charge in [0, 0.05) is 44.1 Å². The molecule has 0 bridgehead atoms. The number of benzene rings is 1. The van der Waals surface area contributed by atoms with Crippen LogP contribution in [0.5, 0.6) is 5.88 Å². The van der Waals surface area contributed by atoms with E-state index in [9.17, 15) is 31.2 Å². The average Bonchev–Trinajstić information content (AvgIpc) is 3.52. The fourth-order valence-corrected chi connectivity index (χ4v) is 5.15. The number of alkyl halides is 3. The Labute approximate surface area is 214 Å². The minimum absolute atomic E-state index is 0.0177. The number of hydrogen-bond acceptors (Lipinski definition) is 9. The third kappa shape index (κ3) is 4.80. The highest BCUT2D eigenvalue weighted by atomic mass is 32.2. The predicted molar refractivity (Wildman–Crippen MR) is 126 cm³/mol. The zero-order valence-electron chi connectivity index (χ0n) is 20.9. The van der Waals surface area contributed by atoms with E-state index in [1.807, 2.05) is 0 Å². The lowest BCUT2D eigenvalue weighted by Gasteiger charge is -2.15. The van der Waals surface area contributed by atoms with Gasteiger partial charge in [0.1, 0.15) is 17.7 Å². The van der Waals surface area contributed by atoms with Crippen LogP contribution in [0, 0.1) is 13.8 Å². The summed E-state index contributed by atoms with van der Waals surface area (Å²) in [4.78, 5) is 31.3. The van der Waals surface area contributed by atoms with Crippen molar-refractivity contribution >= 4 is 27.3 Å². The number of carbonyl (C=O) groups excluding carboxylic acids is 2. The minimum atomic E-state index is -5.08. The molecule has 3 heterocycles. The van der Waals surface area contributed by atoms with Crippen LogP contribution in [0.25, 0.3) is 0 Å². The van der Waals surface area contributed by atoms with Crippen molar-refractivity contribution in [1.29, 1.82) is 0 Å². The van der Waals surface area contributed by atoms with Crippen LogP contribution in [0.3, 0.4) is 0 Å². The zero-order valence-corrected chi connectivity index (χ0v) is 21.7. The van der Waals surface area contributed by atoms with Crippen LogP contribution in [0.2, 0.25) is 0 Å². The first-order chi connectivity index (χ1) is 17.6. The summed E-state index contributed by atoms with van der Waals surface area (Å²) >= 11 is 0. The largest absolute Gasteiger partial charge is 0.436 e. The highest BCUT2D eigenvalue weighted by molar-refractivity contribution is 7.90. The highest BCUT2D eigenvalue weighted by Crippen LogP contribution is 2.38. The summed E-state index contributed by atoms with van der Waals surface area (Å²) in [5.74, 6) is -2.94. The Morgan fingerprint density at radius 3 is 2.32 bits per heavy atom. The van der Waals surface area contributed by atoms with Crippen molar-refractivity contribution in [1.82, 2.24) is 19.6 Å². The molecule has 202 valence electrons. The molecule has 15 heteroatoms. The number of esters is 1. The first kappa shape index (κ1) is 27.0. The molecule has 38 heavy (non-hydrogen) atoms. The maximum Gasteiger partial charge on any atom is 0.436 e. The second-order valence-electron chi connectivity index (χ2n) is 8.68. The van der Waals surface area contributed by atoms with Gasteiger partial charge in [-0.25, -0.2) is 17.9 Å². The minimum Gasteiger partial charge on any atom is -0.403 e. The zero-order chi connectivity index (χ0) is 28.2. The monoisotopic (exact) mass is 553 g/mol. The number of halogens is 3. The van der Waals surface area contributed by atoms with Crippen LogP contribution in [0.15, 0.2) is 28.4 Å². The molecule has 0 radical (unpaired) electrons. The van der Waals surface area contributed by atoms with Gasteiger partial charge in [-0.2, -0.15) is 23.4 Å². The molecule has 0 spiro atoms. The summed E-state index contributed by atoms with van der Waals surface area (Å²) < 4.78 is 74.1. The van der Waals surface area contributed by atoms with Crippen LogP contribution in [0.1, 0.15) is 55.2 Å². The Bertz CT molecular complexity index is 1620. The number of hydrogen-bond donors (Lipinski definition) is 0. The van der Waals surface area contributed by atoms with Crippen molar-refractivity contribution in [3.8, 4) is 5.88 Å². The third-order valence-electron chi connectivity index (χ3n) is 5.88. The summed E-state index contributed by atoms with van der Waals surface area (Å²) in [7, 11) is -1.16. The van der Waals surface area contributed by atoms with E-state index in [1.165, 1.54) is 24.7 Å². The summed E-state index contributed by atoms with van der Waals surface area (Å²) in [5, 5.41) is 11.3. The van der Waals surface area contributed by atoms with E-state index in [1.54, 1.807) is 7.05 Å². The van der Waals surface area contributed by atoms with Gasteiger partial charge in [-0.15, -0.1) is 0 Å². The van der Waals surface area contributed by atoms with E-state index in [-0.39, 0.29) is 51.6 Å². The molecular weight excluding hydrogens is 531 g/mol. The molecule has 0 fully saturated rings. The smallest absolute Gasteiger partial charge is 0.403 e. The molecule has 4 rings (SSSR count). The van der Waals surface area contributed by atoms with Gasteiger partial charge in [0.2, 0.25) is 11.7 Å². The lowest BCUT2D eigenvalue weighted by molar-refractivity contribution is -0.141. The second-order valence-corrected chi connectivity index (χ2v) is 10.7. The summed E-state index contributed by atoms with van der Waals surface area (Å²) in [6, 6.07) is 2.23. The molecule has 0 atom stereocenters. The van der Waals surface area contributed by atoms with E-state index in [0.717, 1.165) is 25.4 Å². The summed E-state index contributed by atoms with van der Waals surface area (Å²) in [5.41, 5.74) is -2.20. The molecule has 1 aliphatic rings. The second kappa shape index (κ2) is 9.38. The van der Waals surface area contributed by atoms with E-state index < -0.39 is 44.9 Å². The number of sulfone groups is 1. The Hall–Kier alpha value is -4.01. The Kier molecular flexibility index (Phi) is 6.67. The Balaban J connectivity index is 1.90. The molecule has 0 unspecified atom stereocenters. The van der Waals surface area contributed by atoms with Crippen LogP contribution < -0.4 is 4.74 Å². The van der Waals surface area contributed by atoms with Crippen LogP contribution in [0.4, 0.5) is 13.2 Å². The maximum atomic E-state index is 14.0. The summed E-state index contributed by atoms with van der Waals surface area (Å²) in [6.45, 7) is 3.08. The normalized spacial score (nSPS) is 13.8. The van der Waals surface area contributed by atoms with E-state index in [0.29, 0.717) is 4.68 Å². The number of aryl methyl sites for hydroxylation is 3. The molecule has 0 amide bonds. The number of aromatic nitrogens is 4. The summed E-state index contributed by atoms with van der Waals surface area (Å²) in [6.07, 6.45) is -2.56. The fourth-order valence-electron chi connectivity index (χ4n) is 4.19. The van der Waals surface area contributed by atoms with Crippen molar-refractivity contribution in [3.05, 3.63) is 57.5 Å². The first-order valence-electron chi connectivity index (χ1n) is 11.1. The number of oxime groups is 1. The molecule has 11 nitrogen and oxygen atoms in total. The third-order valence-corrected chi connectivity index (χ3v) is 7.02. The van der Waals surface area contributed by atoms with E-state index in [4.69, 9.17) is 9.57 Å². The van der Waals surface area contributed by atoms with Gasteiger partial charge < -0.3 is 9.57 Å². The maximum absolute atomic E-state index is 14.0. The van der Waals surface area contributed by atoms with Gasteiger partial charge in [0.25, 0.3) is 0 Å². The molecule has 0 aliphatic carbocycles. The van der Waals surface area contributed by atoms with Gasteiger partial charge in [0.15, 0.2) is 15.5 Å². The molecule has 1 aliphatic heterocycles. The van der Waals surface area contributed by atoms with Crippen LogP contribution >= 0.6 is 0 Å². The SMILES string of the molecule is Cc1nn(C)cc1C(=O)Oc1c(C(=O)c2ccc(S(C)(=O)=O)c(C3=NOCC3)c2C)c(C(F)(F)F)nn1C. The van der Waals surface area contributed by atoms with Gasteiger partial charge >= 0.3 is 12.1 Å². The lowest BCUT2D eigenvalue weighted by Crippen LogP contribution is -2.18. The molecule has 0 saturated carbocycles. The van der Waals surface area contributed by atoms with Crippen molar-refractivity contribution in [2.24, 2.45) is 19.3 Å². The molecule has 3 aromatic rings. The Morgan fingerprint density at radius 2 is 1.79 bits per heavy atom. The number of carbonyl (C=O) groups is 2. The topological polar surface area (TPSA) is 135 Å². The predicted octanol–water partition coefficient (Wildman–Crippen LogP) is 2.77.